The third kappa shape index (κ3) is 7.70. The molecular weight excluding hydrogens is 252 g/mol. The molecule has 0 fully saturated rings. The maximum Gasteiger partial charge on any atom is 0.191 e. The van der Waals surface area contributed by atoms with Crippen LogP contribution in [-0.4, -0.2) is 64.3 Å². The Morgan fingerprint density at radius 2 is 1.80 bits per heavy atom. The highest BCUT2D eigenvalue weighted by Gasteiger charge is 2.20. The lowest BCUT2D eigenvalue weighted by Crippen LogP contribution is -2.42. The molecule has 0 amide bonds. The van der Waals surface area contributed by atoms with Crippen molar-refractivity contribution in [1.82, 2.24) is 15.5 Å². The Kier molecular flexibility index (Phi) is 11.5. The minimum atomic E-state index is 0.489. The number of nitrogens with one attached hydrogen (secondary N) is 2. The molecule has 0 aromatic heterocycles. The van der Waals surface area contributed by atoms with E-state index < -0.39 is 0 Å². The highest BCUT2D eigenvalue weighted by atomic mass is 16.5. The van der Waals surface area contributed by atoms with Crippen LogP contribution < -0.4 is 10.6 Å². The Morgan fingerprint density at radius 1 is 1.15 bits per heavy atom. The molecule has 5 nitrogen and oxygen atoms in total. The van der Waals surface area contributed by atoms with Gasteiger partial charge in [0.1, 0.15) is 0 Å². The fraction of sp³-hybridized carbons (Fsp3) is 0.933. The van der Waals surface area contributed by atoms with Crippen LogP contribution in [0.4, 0.5) is 0 Å². The van der Waals surface area contributed by atoms with Crippen molar-refractivity contribution < 1.29 is 4.74 Å². The highest BCUT2D eigenvalue weighted by molar-refractivity contribution is 5.79. The first-order valence-corrected chi connectivity index (χ1v) is 7.78. The van der Waals surface area contributed by atoms with Crippen LogP contribution in [0.15, 0.2) is 4.99 Å². The van der Waals surface area contributed by atoms with Gasteiger partial charge in [0.2, 0.25) is 0 Å². The zero-order valence-corrected chi connectivity index (χ0v) is 14.2. The molecule has 1 unspecified atom stereocenters. The van der Waals surface area contributed by atoms with E-state index in [0.29, 0.717) is 18.6 Å². The average molecular weight is 286 g/mol. The summed E-state index contributed by atoms with van der Waals surface area (Å²) in [5, 5.41) is 6.56. The van der Waals surface area contributed by atoms with E-state index in [4.69, 9.17) is 9.73 Å². The minimum Gasteiger partial charge on any atom is -0.383 e. The second-order valence-corrected chi connectivity index (χ2v) is 5.25. The zero-order chi connectivity index (χ0) is 15.4. The van der Waals surface area contributed by atoms with E-state index in [9.17, 15) is 0 Å². The largest absolute Gasteiger partial charge is 0.383 e. The summed E-state index contributed by atoms with van der Waals surface area (Å²) in [5.74, 6) is 1.57. The van der Waals surface area contributed by atoms with Crippen LogP contribution >= 0.6 is 0 Å². The monoisotopic (exact) mass is 286 g/mol. The fourth-order valence-corrected chi connectivity index (χ4v) is 2.36. The first kappa shape index (κ1) is 19.2. The smallest absolute Gasteiger partial charge is 0.191 e. The normalized spacial score (nSPS) is 13.9. The molecule has 0 aromatic carbocycles. The number of hydrogen-bond donors (Lipinski definition) is 2. The maximum absolute atomic E-state index is 5.05. The van der Waals surface area contributed by atoms with Crippen molar-refractivity contribution in [2.45, 2.75) is 39.7 Å². The van der Waals surface area contributed by atoms with Gasteiger partial charge in [0.25, 0.3) is 0 Å². The Hall–Kier alpha value is -0.810. The molecular formula is C15H34N4O. The Balaban J connectivity index is 4.58. The molecule has 0 saturated carbocycles. The molecule has 0 saturated heterocycles. The van der Waals surface area contributed by atoms with Crippen LogP contribution in [0.5, 0.6) is 0 Å². The number of guanidine groups is 1. The van der Waals surface area contributed by atoms with Crippen LogP contribution in [0.3, 0.4) is 0 Å². The lowest BCUT2D eigenvalue weighted by Gasteiger charge is -2.30. The molecule has 0 bridgehead atoms. The lowest BCUT2D eigenvalue weighted by atomic mass is 9.93. The van der Waals surface area contributed by atoms with Gasteiger partial charge in [-0.3, -0.25) is 4.99 Å². The standard InChI is InChI=1S/C15H34N4O/c1-7-13(8-2)14(19(4)5)12-18-15(16-9-3)17-10-11-20-6/h13-14H,7-12H2,1-6H3,(H2,16,17,18). The van der Waals surface area contributed by atoms with Crippen molar-refractivity contribution in [3.05, 3.63) is 0 Å². The molecule has 2 N–H and O–H groups in total. The molecule has 0 aliphatic rings. The van der Waals surface area contributed by atoms with E-state index in [1.807, 2.05) is 0 Å². The van der Waals surface area contributed by atoms with Gasteiger partial charge >= 0.3 is 0 Å². The van der Waals surface area contributed by atoms with Crippen LogP contribution in [0.25, 0.3) is 0 Å². The molecule has 120 valence electrons. The Labute approximate surface area is 125 Å². The van der Waals surface area contributed by atoms with Crippen LogP contribution in [0, 0.1) is 5.92 Å². The van der Waals surface area contributed by atoms with Gasteiger partial charge in [-0.15, -0.1) is 0 Å². The molecule has 0 aliphatic carbocycles. The highest BCUT2D eigenvalue weighted by Crippen LogP contribution is 2.17. The van der Waals surface area contributed by atoms with Crippen molar-refractivity contribution in [3.63, 3.8) is 0 Å². The average Bonchev–Trinajstić information content (AvgIpc) is 2.43. The summed E-state index contributed by atoms with van der Waals surface area (Å²) in [6.07, 6.45) is 2.39. The number of hydrogen-bond acceptors (Lipinski definition) is 3. The fourth-order valence-electron chi connectivity index (χ4n) is 2.36. The van der Waals surface area contributed by atoms with Crippen molar-refractivity contribution in [2.24, 2.45) is 10.9 Å². The minimum absolute atomic E-state index is 0.489. The van der Waals surface area contributed by atoms with Gasteiger partial charge in [0, 0.05) is 26.2 Å². The molecule has 0 heterocycles. The van der Waals surface area contributed by atoms with E-state index in [1.54, 1.807) is 7.11 Å². The number of ether oxygens (including phenoxy) is 1. The zero-order valence-electron chi connectivity index (χ0n) is 14.2. The van der Waals surface area contributed by atoms with Gasteiger partial charge in [0.05, 0.1) is 13.2 Å². The SMILES string of the molecule is CCNC(=NCC(C(CC)CC)N(C)C)NCCOC. The molecule has 0 aromatic rings. The first-order valence-electron chi connectivity index (χ1n) is 7.78. The van der Waals surface area contributed by atoms with Gasteiger partial charge < -0.3 is 20.3 Å². The van der Waals surface area contributed by atoms with E-state index >= 15 is 0 Å². The molecule has 0 aliphatic heterocycles. The van der Waals surface area contributed by atoms with Crippen molar-refractivity contribution >= 4 is 5.96 Å². The van der Waals surface area contributed by atoms with E-state index in [1.165, 1.54) is 12.8 Å². The van der Waals surface area contributed by atoms with Gasteiger partial charge in [-0.05, 0) is 26.9 Å². The van der Waals surface area contributed by atoms with Crippen molar-refractivity contribution in [1.29, 1.82) is 0 Å². The van der Waals surface area contributed by atoms with Crippen molar-refractivity contribution in [3.8, 4) is 0 Å². The summed E-state index contributed by atoms with van der Waals surface area (Å²) in [5.41, 5.74) is 0. The molecule has 1 atom stereocenters. The molecule has 0 radical (unpaired) electrons. The number of aliphatic imine (C=N–C) groups is 1. The Morgan fingerprint density at radius 3 is 2.25 bits per heavy atom. The van der Waals surface area contributed by atoms with Gasteiger partial charge in [-0.25, -0.2) is 0 Å². The third-order valence-electron chi connectivity index (χ3n) is 3.64. The number of nitrogens with zero attached hydrogens (tertiary/aromatic N) is 2. The predicted molar refractivity (Wildman–Crippen MR) is 87.4 cm³/mol. The van der Waals surface area contributed by atoms with E-state index in [-0.39, 0.29) is 0 Å². The topological polar surface area (TPSA) is 48.9 Å². The van der Waals surface area contributed by atoms with Gasteiger partial charge in [-0.1, -0.05) is 26.7 Å². The summed E-state index contributed by atoms with van der Waals surface area (Å²) < 4.78 is 5.05. The molecule has 0 spiro atoms. The first-order chi connectivity index (χ1) is 9.60. The predicted octanol–water partition coefficient (Wildman–Crippen LogP) is 1.55. The Bertz CT molecular complexity index is 252. The van der Waals surface area contributed by atoms with Crippen LogP contribution in [0.1, 0.15) is 33.6 Å². The van der Waals surface area contributed by atoms with E-state index in [2.05, 4.69) is 50.4 Å². The van der Waals surface area contributed by atoms with Crippen LogP contribution in [0.2, 0.25) is 0 Å². The summed E-state index contributed by atoms with van der Waals surface area (Å²) in [4.78, 5) is 7.01. The number of methoxy groups -OCH3 is 1. The number of rotatable bonds is 10. The van der Waals surface area contributed by atoms with E-state index in [0.717, 1.165) is 25.6 Å². The summed E-state index contributed by atoms with van der Waals surface area (Å²) in [6.45, 7) is 9.76. The molecule has 20 heavy (non-hydrogen) atoms. The maximum atomic E-state index is 5.05. The third-order valence-corrected chi connectivity index (χ3v) is 3.64. The lowest BCUT2D eigenvalue weighted by molar-refractivity contribution is 0.202. The quantitative estimate of drug-likeness (QED) is 0.363. The summed E-state index contributed by atoms with van der Waals surface area (Å²) >= 11 is 0. The van der Waals surface area contributed by atoms with Gasteiger partial charge in [-0.2, -0.15) is 0 Å². The second kappa shape index (κ2) is 12.0. The number of likely N-dealkylation sites (N-methyl/N-ethyl adjacent to an activating group) is 1. The summed E-state index contributed by atoms with van der Waals surface area (Å²) in [6, 6.07) is 0.489. The van der Waals surface area contributed by atoms with Crippen molar-refractivity contribution in [2.75, 3.05) is 47.4 Å². The second-order valence-electron chi connectivity index (χ2n) is 5.25. The molecule has 5 heteroatoms. The summed E-state index contributed by atoms with van der Waals surface area (Å²) in [7, 11) is 5.99. The van der Waals surface area contributed by atoms with Crippen LogP contribution in [-0.2, 0) is 4.74 Å². The molecule has 0 rings (SSSR count). The van der Waals surface area contributed by atoms with Gasteiger partial charge in [0.15, 0.2) is 5.96 Å².